The van der Waals surface area contributed by atoms with E-state index < -0.39 is 11.1 Å². The summed E-state index contributed by atoms with van der Waals surface area (Å²) in [6.45, 7) is 4.10. The molecule has 0 saturated heterocycles. The molecule has 0 aromatic carbocycles. The normalized spacial score (nSPS) is 35.0. The Labute approximate surface area is 107 Å². The maximum atomic E-state index is 6.36. The van der Waals surface area contributed by atoms with Crippen molar-refractivity contribution in [3.8, 4) is 0 Å². The van der Waals surface area contributed by atoms with Crippen molar-refractivity contribution in [3.63, 3.8) is 0 Å². The SMILES string of the molecule is C=C(C1(N)C=CC(N)=CC1)C1(N)C=CC(N)=CC1. The predicted molar refractivity (Wildman–Crippen MR) is 75.0 cm³/mol. The van der Waals surface area contributed by atoms with Crippen molar-refractivity contribution in [2.45, 2.75) is 23.9 Å². The van der Waals surface area contributed by atoms with Gasteiger partial charge in [0.1, 0.15) is 0 Å². The smallest absolute Gasteiger partial charge is 0.0612 e. The van der Waals surface area contributed by atoms with Crippen LogP contribution in [0, 0.1) is 0 Å². The van der Waals surface area contributed by atoms with Gasteiger partial charge in [-0.05, 0) is 30.6 Å². The van der Waals surface area contributed by atoms with E-state index in [0.29, 0.717) is 12.8 Å². The lowest BCUT2D eigenvalue weighted by Gasteiger charge is -2.40. The number of allylic oxidation sites excluding steroid dienone is 2. The summed E-state index contributed by atoms with van der Waals surface area (Å²) in [4.78, 5) is 0. The lowest BCUT2D eigenvalue weighted by molar-refractivity contribution is 0.495. The second-order valence-corrected chi connectivity index (χ2v) is 5.04. The molecule has 0 bridgehead atoms. The Morgan fingerprint density at radius 1 is 0.944 bits per heavy atom. The van der Waals surface area contributed by atoms with E-state index in [1.54, 1.807) is 12.2 Å². The van der Waals surface area contributed by atoms with Gasteiger partial charge in [0.05, 0.1) is 11.1 Å². The highest BCUT2D eigenvalue weighted by Crippen LogP contribution is 2.34. The van der Waals surface area contributed by atoms with Crippen molar-refractivity contribution >= 4 is 0 Å². The zero-order valence-electron chi connectivity index (χ0n) is 10.4. The van der Waals surface area contributed by atoms with Crippen LogP contribution < -0.4 is 22.9 Å². The molecule has 4 nitrogen and oxygen atoms in total. The van der Waals surface area contributed by atoms with Gasteiger partial charge in [-0.2, -0.15) is 0 Å². The quantitative estimate of drug-likeness (QED) is 0.532. The summed E-state index contributed by atoms with van der Waals surface area (Å²) in [6.07, 6.45) is 12.4. The Hall–Kier alpha value is -1.78. The van der Waals surface area contributed by atoms with Crippen molar-refractivity contribution in [2.75, 3.05) is 0 Å². The van der Waals surface area contributed by atoms with E-state index in [1.807, 2.05) is 24.3 Å². The average Bonchev–Trinajstić information content (AvgIpc) is 2.36. The van der Waals surface area contributed by atoms with Gasteiger partial charge in [-0.25, -0.2) is 0 Å². The maximum absolute atomic E-state index is 6.36. The van der Waals surface area contributed by atoms with Crippen LogP contribution in [0.5, 0.6) is 0 Å². The van der Waals surface area contributed by atoms with E-state index in [1.165, 1.54) is 0 Å². The van der Waals surface area contributed by atoms with Crippen molar-refractivity contribution in [3.05, 3.63) is 60.0 Å². The molecule has 0 amide bonds. The van der Waals surface area contributed by atoms with Crippen LogP contribution in [0.4, 0.5) is 0 Å². The fraction of sp³-hybridized carbons (Fsp3) is 0.286. The van der Waals surface area contributed by atoms with E-state index in [0.717, 1.165) is 17.0 Å². The summed E-state index contributed by atoms with van der Waals surface area (Å²) in [5.41, 5.74) is 25.0. The zero-order chi connectivity index (χ0) is 13.4. The molecule has 2 aliphatic rings. The second kappa shape index (κ2) is 4.15. The topological polar surface area (TPSA) is 104 Å². The number of hydrogen-bond donors (Lipinski definition) is 4. The monoisotopic (exact) mass is 244 g/mol. The first-order valence-corrected chi connectivity index (χ1v) is 5.93. The molecule has 2 aliphatic carbocycles. The number of hydrogen-bond acceptors (Lipinski definition) is 4. The molecular formula is C14H20N4. The van der Waals surface area contributed by atoms with Crippen LogP contribution in [-0.4, -0.2) is 11.1 Å². The van der Waals surface area contributed by atoms with E-state index in [4.69, 9.17) is 22.9 Å². The predicted octanol–water partition coefficient (Wildman–Crippen LogP) is 0.543. The van der Waals surface area contributed by atoms with Crippen LogP contribution in [0.3, 0.4) is 0 Å². The summed E-state index contributed by atoms with van der Waals surface area (Å²) >= 11 is 0. The van der Waals surface area contributed by atoms with Crippen molar-refractivity contribution < 1.29 is 0 Å². The fourth-order valence-electron chi connectivity index (χ4n) is 2.22. The van der Waals surface area contributed by atoms with Crippen molar-refractivity contribution in [2.24, 2.45) is 22.9 Å². The van der Waals surface area contributed by atoms with Gasteiger partial charge in [0.25, 0.3) is 0 Å². The summed E-state index contributed by atoms with van der Waals surface area (Å²) in [7, 11) is 0. The Morgan fingerprint density at radius 2 is 1.33 bits per heavy atom. The largest absolute Gasteiger partial charge is 0.399 e. The van der Waals surface area contributed by atoms with Crippen LogP contribution in [0.15, 0.2) is 60.0 Å². The Balaban J connectivity index is 2.23. The molecule has 18 heavy (non-hydrogen) atoms. The third-order valence-corrected chi connectivity index (χ3v) is 3.62. The first kappa shape index (κ1) is 12.7. The van der Waals surface area contributed by atoms with Gasteiger partial charge in [-0.1, -0.05) is 30.9 Å². The summed E-state index contributed by atoms with van der Waals surface area (Å²) < 4.78 is 0. The van der Waals surface area contributed by atoms with Gasteiger partial charge < -0.3 is 22.9 Å². The third-order valence-electron chi connectivity index (χ3n) is 3.62. The van der Waals surface area contributed by atoms with E-state index in [9.17, 15) is 0 Å². The van der Waals surface area contributed by atoms with Crippen molar-refractivity contribution in [1.82, 2.24) is 0 Å². The Kier molecular flexibility index (Phi) is 2.92. The third kappa shape index (κ3) is 2.12. The molecule has 0 aromatic rings. The minimum Gasteiger partial charge on any atom is -0.399 e. The Bertz CT molecular complexity index is 454. The first-order chi connectivity index (χ1) is 8.36. The zero-order valence-corrected chi connectivity index (χ0v) is 10.4. The lowest BCUT2D eigenvalue weighted by atomic mass is 9.72. The number of rotatable bonds is 2. The van der Waals surface area contributed by atoms with Gasteiger partial charge in [-0.15, -0.1) is 0 Å². The molecule has 0 heterocycles. The first-order valence-electron chi connectivity index (χ1n) is 5.93. The van der Waals surface area contributed by atoms with Crippen LogP contribution in [0.2, 0.25) is 0 Å². The molecule has 2 rings (SSSR count). The molecular weight excluding hydrogens is 224 g/mol. The van der Waals surface area contributed by atoms with E-state index in [2.05, 4.69) is 6.58 Å². The summed E-state index contributed by atoms with van der Waals surface area (Å²) in [5, 5.41) is 0. The highest BCUT2D eigenvalue weighted by molar-refractivity contribution is 5.46. The van der Waals surface area contributed by atoms with Gasteiger partial charge in [0.15, 0.2) is 0 Å². The Morgan fingerprint density at radius 3 is 1.61 bits per heavy atom. The van der Waals surface area contributed by atoms with Gasteiger partial charge in [-0.3, -0.25) is 0 Å². The highest BCUT2D eigenvalue weighted by atomic mass is 14.8. The molecule has 4 heteroatoms. The minimum absolute atomic E-state index is 0.611. The van der Waals surface area contributed by atoms with Crippen LogP contribution >= 0.6 is 0 Å². The molecule has 2 unspecified atom stereocenters. The minimum atomic E-state index is -0.651. The van der Waals surface area contributed by atoms with Crippen LogP contribution in [0.25, 0.3) is 0 Å². The molecule has 0 radical (unpaired) electrons. The molecule has 0 saturated carbocycles. The van der Waals surface area contributed by atoms with Crippen LogP contribution in [0.1, 0.15) is 12.8 Å². The van der Waals surface area contributed by atoms with Crippen molar-refractivity contribution in [1.29, 1.82) is 0 Å². The molecule has 0 aliphatic heterocycles. The number of nitrogens with two attached hydrogens (primary N) is 4. The lowest BCUT2D eigenvalue weighted by Crippen LogP contribution is -2.53. The summed E-state index contributed by atoms with van der Waals surface area (Å²) in [6, 6.07) is 0. The fourth-order valence-corrected chi connectivity index (χ4v) is 2.22. The standard InChI is InChI=1S/C14H20N4/c1-10(13(17)6-2-11(15)3-7-13)14(18)8-4-12(16)5-9-14/h2-6,8H,1,7,9,15-18H2. The van der Waals surface area contributed by atoms with E-state index in [-0.39, 0.29) is 0 Å². The van der Waals surface area contributed by atoms with Crippen LogP contribution in [-0.2, 0) is 0 Å². The summed E-state index contributed by atoms with van der Waals surface area (Å²) in [5.74, 6) is 0. The van der Waals surface area contributed by atoms with Gasteiger partial charge in [0.2, 0.25) is 0 Å². The van der Waals surface area contributed by atoms with E-state index >= 15 is 0 Å². The average molecular weight is 244 g/mol. The highest BCUT2D eigenvalue weighted by Gasteiger charge is 2.38. The molecule has 96 valence electrons. The molecule has 8 N–H and O–H groups in total. The second-order valence-electron chi connectivity index (χ2n) is 5.04. The van der Waals surface area contributed by atoms with Gasteiger partial charge in [0, 0.05) is 11.4 Å². The molecule has 2 atom stereocenters. The van der Waals surface area contributed by atoms with Gasteiger partial charge >= 0.3 is 0 Å². The molecule has 0 aromatic heterocycles. The molecule has 0 spiro atoms. The maximum Gasteiger partial charge on any atom is 0.0612 e. The molecule has 0 fully saturated rings.